The zero-order chi connectivity index (χ0) is 20.3. The summed E-state index contributed by atoms with van der Waals surface area (Å²) in [6.45, 7) is 6.28. The van der Waals surface area contributed by atoms with Gasteiger partial charge in [-0.1, -0.05) is 0 Å². The second-order valence-corrected chi connectivity index (χ2v) is 9.11. The van der Waals surface area contributed by atoms with Crippen molar-refractivity contribution in [3.8, 4) is 0 Å². The SMILES string of the molecule is CC(C)(C)OC(=O)C1CCC2(CCc3c(F)cc(F)cc32)C12NCCNC2=O. The molecule has 1 saturated carbocycles. The van der Waals surface area contributed by atoms with E-state index in [0.717, 1.165) is 6.07 Å². The molecule has 7 heteroatoms. The molecule has 1 aromatic rings. The van der Waals surface area contributed by atoms with Gasteiger partial charge < -0.3 is 15.4 Å². The molecule has 2 aliphatic carbocycles. The normalized spacial score (nSPS) is 31.9. The van der Waals surface area contributed by atoms with E-state index in [1.165, 1.54) is 6.07 Å². The van der Waals surface area contributed by atoms with Crippen molar-refractivity contribution in [2.45, 2.75) is 63.0 Å². The highest BCUT2D eigenvalue weighted by molar-refractivity contribution is 5.96. The lowest BCUT2D eigenvalue weighted by Crippen LogP contribution is -2.73. The molecule has 1 saturated heterocycles. The molecule has 2 spiro atoms. The summed E-state index contributed by atoms with van der Waals surface area (Å²) in [6.07, 6.45) is 1.82. The monoisotopic (exact) mass is 392 g/mol. The third-order valence-electron chi connectivity index (χ3n) is 6.48. The average Bonchev–Trinajstić information content (AvgIpc) is 3.11. The Morgan fingerprint density at radius 2 is 1.96 bits per heavy atom. The number of benzene rings is 1. The third kappa shape index (κ3) is 2.59. The minimum atomic E-state index is -1.26. The highest BCUT2D eigenvalue weighted by Crippen LogP contribution is 2.59. The number of hydrogen-bond donors (Lipinski definition) is 2. The van der Waals surface area contributed by atoms with E-state index in [-0.39, 0.29) is 5.91 Å². The highest BCUT2D eigenvalue weighted by atomic mass is 19.1. The maximum absolute atomic E-state index is 14.5. The van der Waals surface area contributed by atoms with E-state index in [1.54, 1.807) is 20.8 Å². The molecule has 3 unspecified atom stereocenters. The number of fused-ring (bicyclic) bond motifs is 3. The van der Waals surface area contributed by atoms with Crippen molar-refractivity contribution in [3.63, 3.8) is 0 Å². The first-order valence-electron chi connectivity index (χ1n) is 9.85. The number of carbonyl (C=O) groups is 2. The summed E-state index contributed by atoms with van der Waals surface area (Å²) in [6, 6.07) is 2.23. The van der Waals surface area contributed by atoms with Crippen LogP contribution < -0.4 is 10.6 Å². The van der Waals surface area contributed by atoms with Gasteiger partial charge in [0, 0.05) is 24.6 Å². The topological polar surface area (TPSA) is 67.4 Å². The second kappa shape index (κ2) is 6.24. The molecular formula is C21H26F2N2O3. The Morgan fingerprint density at radius 1 is 1.21 bits per heavy atom. The Bertz CT molecular complexity index is 851. The molecule has 1 aromatic carbocycles. The first-order valence-corrected chi connectivity index (χ1v) is 9.85. The van der Waals surface area contributed by atoms with Crippen LogP contribution in [-0.4, -0.2) is 36.1 Å². The van der Waals surface area contributed by atoms with Crippen molar-refractivity contribution in [1.29, 1.82) is 0 Å². The van der Waals surface area contributed by atoms with Crippen LogP contribution in [0.25, 0.3) is 0 Å². The molecule has 1 heterocycles. The number of amides is 1. The van der Waals surface area contributed by atoms with Crippen LogP contribution in [0.2, 0.25) is 0 Å². The van der Waals surface area contributed by atoms with E-state index in [0.29, 0.717) is 49.9 Å². The van der Waals surface area contributed by atoms with E-state index in [2.05, 4.69) is 10.6 Å². The number of piperazine rings is 1. The van der Waals surface area contributed by atoms with E-state index < -0.39 is 40.1 Å². The largest absolute Gasteiger partial charge is 0.460 e. The number of rotatable bonds is 1. The predicted molar refractivity (Wildman–Crippen MR) is 98.7 cm³/mol. The van der Waals surface area contributed by atoms with Crippen LogP contribution in [0.5, 0.6) is 0 Å². The first kappa shape index (κ1) is 19.3. The van der Waals surface area contributed by atoms with Gasteiger partial charge in [-0.15, -0.1) is 0 Å². The van der Waals surface area contributed by atoms with E-state index in [9.17, 15) is 18.4 Å². The minimum absolute atomic E-state index is 0.287. The number of carbonyl (C=O) groups excluding carboxylic acids is 2. The number of halogens is 2. The van der Waals surface area contributed by atoms with Crippen molar-refractivity contribution in [2.75, 3.05) is 13.1 Å². The van der Waals surface area contributed by atoms with Crippen LogP contribution in [0.4, 0.5) is 8.78 Å². The molecule has 1 amide bonds. The summed E-state index contributed by atoms with van der Waals surface area (Å²) in [5.74, 6) is -2.70. The minimum Gasteiger partial charge on any atom is -0.460 e. The number of esters is 1. The lowest BCUT2D eigenvalue weighted by molar-refractivity contribution is -0.166. The molecule has 5 nitrogen and oxygen atoms in total. The maximum atomic E-state index is 14.5. The zero-order valence-electron chi connectivity index (χ0n) is 16.5. The summed E-state index contributed by atoms with van der Waals surface area (Å²) < 4.78 is 34.2. The fourth-order valence-corrected chi connectivity index (χ4v) is 5.56. The molecule has 0 radical (unpaired) electrons. The fourth-order valence-electron chi connectivity index (χ4n) is 5.56. The summed E-state index contributed by atoms with van der Waals surface area (Å²) in [7, 11) is 0. The average molecular weight is 392 g/mol. The summed E-state index contributed by atoms with van der Waals surface area (Å²) in [5.41, 5.74) is -1.83. The van der Waals surface area contributed by atoms with Gasteiger partial charge in [-0.25, -0.2) is 8.78 Å². The van der Waals surface area contributed by atoms with Crippen LogP contribution in [0.15, 0.2) is 12.1 Å². The molecule has 0 bridgehead atoms. The summed E-state index contributed by atoms with van der Waals surface area (Å²) >= 11 is 0. The summed E-state index contributed by atoms with van der Waals surface area (Å²) in [4.78, 5) is 26.3. The predicted octanol–water partition coefficient (Wildman–Crippen LogP) is 2.36. The maximum Gasteiger partial charge on any atom is 0.311 e. The Kier molecular flexibility index (Phi) is 4.30. The molecular weight excluding hydrogens is 366 g/mol. The molecule has 1 aliphatic heterocycles. The highest BCUT2D eigenvalue weighted by Gasteiger charge is 2.69. The number of nitrogens with one attached hydrogen (secondary N) is 2. The molecule has 28 heavy (non-hydrogen) atoms. The number of hydrogen-bond acceptors (Lipinski definition) is 4. The van der Waals surface area contributed by atoms with Crippen molar-refractivity contribution < 1.29 is 23.1 Å². The lowest BCUT2D eigenvalue weighted by Gasteiger charge is -2.48. The van der Waals surface area contributed by atoms with Crippen LogP contribution in [0.3, 0.4) is 0 Å². The van der Waals surface area contributed by atoms with E-state index in [1.807, 2.05) is 0 Å². The van der Waals surface area contributed by atoms with Crippen molar-refractivity contribution in [3.05, 3.63) is 34.9 Å². The zero-order valence-corrected chi connectivity index (χ0v) is 16.5. The quantitative estimate of drug-likeness (QED) is 0.720. The first-order chi connectivity index (χ1) is 13.1. The molecule has 2 N–H and O–H groups in total. The molecule has 4 rings (SSSR count). The third-order valence-corrected chi connectivity index (χ3v) is 6.48. The van der Waals surface area contributed by atoms with Gasteiger partial charge in [0.1, 0.15) is 22.8 Å². The van der Waals surface area contributed by atoms with Crippen molar-refractivity contribution in [1.82, 2.24) is 10.6 Å². The summed E-state index contributed by atoms with van der Waals surface area (Å²) in [5, 5.41) is 6.19. The Hall–Kier alpha value is -2.02. The van der Waals surface area contributed by atoms with Gasteiger partial charge in [-0.05, 0) is 63.6 Å². The van der Waals surface area contributed by atoms with Gasteiger partial charge in [0.25, 0.3) is 0 Å². The Balaban J connectivity index is 1.87. The molecule has 3 aliphatic rings. The Labute approximate surface area is 163 Å². The van der Waals surface area contributed by atoms with Crippen molar-refractivity contribution >= 4 is 11.9 Å². The molecule has 2 fully saturated rings. The van der Waals surface area contributed by atoms with Crippen LogP contribution in [0, 0.1) is 17.6 Å². The molecule has 152 valence electrons. The van der Waals surface area contributed by atoms with Crippen LogP contribution in [-0.2, 0) is 26.2 Å². The van der Waals surface area contributed by atoms with Crippen molar-refractivity contribution in [2.24, 2.45) is 5.92 Å². The lowest BCUT2D eigenvalue weighted by atomic mass is 9.64. The number of ether oxygens (including phenoxy) is 1. The van der Waals surface area contributed by atoms with Gasteiger partial charge in [0.15, 0.2) is 0 Å². The standard InChI is InChI=1S/C21H26F2N2O3/c1-19(2,3)28-17(26)14-5-7-20(21(14)18(27)24-8-9-25-21)6-4-13-15(20)10-12(22)11-16(13)23/h10-11,14,25H,4-9H2,1-3H3,(H,24,27). The molecule has 3 atom stereocenters. The smallest absolute Gasteiger partial charge is 0.311 e. The van der Waals surface area contributed by atoms with Gasteiger partial charge in [-0.3, -0.25) is 9.59 Å². The molecule has 0 aromatic heterocycles. The van der Waals surface area contributed by atoms with E-state index >= 15 is 0 Å². The van der Waals surface area contributed by atoms with Gasteiger partial charge in [0.05, 0.1) is 5.92 Å². The van der Waals surface area contributed by atoms with Crippen LogP contribution in [0.1, 0.15) is 51.2 Å². The van der Waals surface area contributed by atoms with Crippen LogP contribution >= 0.6 is 0 Å². The van der Waals surface area contributed by atoms with Gasteiger partial charge in [-0.2, -0.15) is 0 Å². The van der Waals surface area contributed by atoms with Gasteiger partial charge >= 0.3 is 5.97 Å². The second-order valence-electron chi connectivity index (χ2n) is 9.11. The Morgan fingerprint density at radius 3 is 2.64 bits per heavy atom. The van der Waals surface area contributed by atoms with Gasteiger partial charge in [0.2, 0.25) is 5.91 Å². The van der Waals surface area contributed by atoms with E-state index in [4.69, 9.17) is 4.74 Å². The fraction of sp³-hybridized carbons (Fsp3) is 0.619.